The van der Waals surface area contributed by atoms with Crippen LogP contribution in [0.5, 0.6) is 0 Å². The molecule has 0 spiro atoms. The number of hydrogen-bond acceptors (Lipinski definition) is 4. The maximum absolute atomic E-state index is 13.2. The van der Waals surface area contributed by atoms with Crippen LogP contribution in [0.2, 0.25) is 5.02 Å². The van der Waals surface area contributed by atoms with Gasteiger partial charge in [-0.25, -0.2) is 8.42 Å². The van der Waals surface area contributed by atoms with Crippen LogP contribution in [0.25, 0.3) is 0 Å². The molecule has 7 nitrogen and oxygen atoms in total. The van der Waals surface area contributed by atoms with Gasteiger partial charge in [-0.05, 0) is 49.6 Å². The van der Waals surface area contributed by atoms with E-state index in [0.717, 1.165) is 24.7 Å². The molecule has 0 saturated heterocycles. The average molecular weight is 508 g/mol. The van der Waals surface area contributed by atoms with Gasteiger partial charge in [-0.3, -0.25) is 13.9 Å². The average Bonchev–Trinajstić information content (AvgIpc) is 2.80. The first-order chi connectivity index (χ1) is 16.1. The maximum atomic E-state index is 13.2. The smallest absolute Gasteiger partial charge is 0.242 e. The molecule has 2 amide bonds. The van der Waals surface area contributed by atoms with Crippen LogP contribution in [0, 0.1) is 0 Å². The molecule has 186 valence electrons. The number of benzene rings is 2. The first-order valence-electron chi connectivity index (χ1n) is 11.5. The minimum atomic E-state index is -3.54. The van der Waals surface area contributed by atoms with Gasteiger partial charge < -0.3 is 10.2 Å². The van der Waals surface area contributed by atoms with E-state index in [4.69, 9.17) is 11.6 Å². The van der Waals surface area contributed by atoms with E-state index in [2.05, 4.69) is 5.32 Å². The SMILES string of the molecule is CCCCNC(=O)[C@@H](C)N(Cc1ccccc1)C(=O)CCCN(c1ccc(Cl)cc1)S(C)(=O)=O. The van der Waals surface area contributed by atoms with Gasteiger partial charge in [-0.15, -0.1) is 0 Å². The Kier molecular flexibility index (Phi) is 10.9. The molecule has 34 heavy (non-hydrogen) atoms. The number of hydrogen-bond donors (Lipinski definition) is 1. The van der Waals surface area contributed by atoms with Crippen molar-refractivity contribution in [3.8, 4) is 0 Å². The van der Waals surface area contributed by atoms with Gasteiger partial charge in [-0.2, -0.15) is 0 Å². The molecule has 2 rings (SSSR count). The predicted molar refractivity (Wildman–Crippen MR) is 137 cm³/mol. The number of rotatable bonds is 13. The van der Waals surface area contributed by atoms with Gasteiger partial charge >= 0.3 is 0 Å². The summed E-state index contributed by atoms with van der Waals surface area (Å²) in [6.07, 6.45) is 3.39. The highest BCUT2D eigenvalue weighted by Crippen LogP contribution is 2.21. The van der Waals surface area contributed by atoms with E-state index in [1.807, 2.05) is 37.3 Å². The molecule has 0 aliphatic rings. The lowest BCUT2D eigenvalue weighted by Crippen LogP contribution is -2.47. The van der Waals surface area contributed by atoms with Gasteiger partial charge in [0.1, 0.15) is 6.04 Å². The van der Waals surface area contributed by atoms with Crippen LogP contribution in [0.3, 0.4) is 0 Å². The Labute approximate surface area is 208 Å². The van der Waals surface area contributed by atoms with Crippen LogP contribution in [0.4, 0.5) is 5.69 Å². The number of anilines is 1. The Bertz CT molecular complexity index is 1030. The van der Waals surface area contributed by atoms with Crippen molar-refractivity contribution in [1.82, 2.24) is 10.2 Å². The molecule has 2 aromatic rings. The fourth-order valence-corrected chi connectivity index (χ4v) is 4.60. The van der Waals surface area contributed by atoms with E-state index in [1.54, 1.807) is 36.1 Å². The summed E-state index contributed by atoms with van der Waals surface area (Å²) in [6.45, 7) is 4.78. The second kappa shape index (κ2) is 13.3. The minimum Gasteiger partial charge on any atom is -0.354 e. The van der Waals surface area contributed by atoms with Gasteiger partial charge in [0.2, 0.25) is 21.8 Å². The molecule has 9 heteroatoms. The van der Waals surface area contributed by atoms with Crippen molar-refractivity contribution in [2.24, 2.45) is 0 Å². The lowest BCUT2D eigenvalue weighted by Gasteiger charge is -2.29. The molecule has 0 heterocycles. The maximum Gasteiger partial charge on any atom is 0.242 e. The lowest BCUT2D eigenvalue weighted by atomic mass is 10.1. The summed E-state index contributed by atoms with van der Waals surface area (Å²) < 4.78 is 25.9. The zero-order valence-electron chi connectivity index (χ0n) is 20.0. The summed E-state index contributed by atoms with van der Waals surface area (Å²) in [5.41, 5.74) is 1.41. The highest BCUT2D eigenvalue weighted by atomic mass is 35.5. The monoisotopic (exact) mass is 507 g/mol. The number of sulfonamides is 1. The molecule has 2 aromatic carbocycles. The van der Waals surface area contributed by atoms with E-state index >= 15 is 0 Å². The number of unbranched alkanes of at least 4 members (excludes halogenated alkanes) is 1. The Hall–Kier alpha value is -2.58. The summed E-state index contributed by atoms with van der Waals surface area (Å²) in [7, 11) is -3.54. The summed E-state index contributed by atoms with van der Waals surface area (Å²) in [4.78, 5) is 27.4. The number of carbonyl (C=O) groups excluding carboxylic acids is 2. The summed E-state index contributed by atoms with van der Waals surface area (Å²) >= 11 is 5.92. The summed E-state index contributed by atoms with van der Waals surface area (Å²) in [6, 6.07) is 15.4. The number of nitrogens with one attached hydrogen (secondary N) is 1. The van der Waals surface area contributed by atoms with E-state index < -0.39 is 16.1 Å². The normalized spacial score (nSPS) is 12.1. The Morgan fingerprint density at radius 1 is 1.03 bits per heavy atom. The zero-order chi connectivity index (χ0) is 25.1. The van der Waals surface area contributed by atoms with E-state index in [9.17, 15) is 18.0 Å². The van der Waals surface area contributed by atoms with Gasteiger partial charge in [0.05, 0.1) is 11.9 Å². The second-order valence-electron chi connectivity index (χ2n) is 8.24. The molecule has 0 fully saturated rings. The molecule has 0 aromatic heterocycles. The van der Waals surface area contributed by atoms with Crippen LogP contribution >= 0.6 is 11.6 Å². The zero-order valence-corrected chi connectivity index (χ0v) is 21.6. The number of amides is 2. The topological polar surface area (TPSA) is 86.8 Å². The molecule has 1 N–H and O–H groups in total. The van der Waals surface area contributed by atoms with Crippen LogP contribution < -0.4 is 9.62 Å². The van der Waals surface area contributed by atoms with E-state index in [1.165, 1.54) is 4.31 Å². The molecule has 0 aliphatic heterocycles. The molecular weight excluding hydrogens is 474 g/mol. The second-order valence-corrected chi connectivity index (χ2v) is 10.6. The number of halogens is 1. The molecule has 0 saturated carbocycles. The predicted octanol–water partition coefficient (Wildman–Crippen LogP) is 4.22. The standard InChI is InChI=1S/C25H34ClN3O4S/c1-4-5-17-27-25(31)20(2)28(19-21-10-7-6-8-11-21)24(30)12-9-18-29(34(3,32)33)23-15-13-22(26)14-16-23/h6-8,10-11,13-16,20H,4-5,9,12,17-19H2,1-3H3,(H,27,31)/t20-/m1/s1. The Balaban J connectivity index is 2.10. The third kappa shape index (κ3) is 8.65. The van der Waals surface area contributed by atoms with Gasteiger partial charge in [0, 0.05) is 31.1 Å². The summed E-state index contributed by atoms with van der Waals surface area (Å²) in [5, 5.41) is 3.40. The first kappa shape index (κ1) is 27.7. The molecular formula is C25H34ClN3O4S. The van der Waals surface area contributed by atoms with Crippen LogP contribution in [-0.4, -0.2) is 50.5 Å². The van der Waals surface area contributed by atoms with Crippen molar-refractivity contribution in [3.05, 3.63) is 65.2 Å². The van der Waals surface area contributed by atoms with Crippen molar-refractivity contribution in [3.63, 3.8) is 0 Å². The van der Waals surface area contributed by atoms with Crippen molar-refractivity contribution in [1.29, 1.82) is 0 Å². The van der Waals surface area contributed by atoms with Crippen molar-refractivity contribution < 1.29 is 18.0 Å². The number of carbonyl (C=O) groups is 2. The Morgan fingerprint density at radius 3 is 2.26 bits per heavy atom. The van der Waals surface area contributed by atoms with E-state index in [0.29, 0.717) is 30.2 Å². The summed E-state index contributed by atoms with van der Waals surface area (Å²) in [5.74, 6) is -0.400. The van der Waals surface area contributed by atoms with Crippen molar-refractivity contribution >= 4 is 39.1 Å². The van der Waals surface area contributed by atoms with Gasteiger partial charge in [0.15, 0.2) is 0 Å². The third-order valence-electron chi connectivity index (χ3n) is 5.46. The highest BCUT2D eigenvalue weighted by Gasteiger charge is 2.26. The molecule has 0 bridgehead atoms. The minimum absolute atomic E-state index is 0.110. The van der Waals surface area contributed by atoms with Gasteiger partial charge in [-0.1, -0.05) is 55.3 Å². The van der Waals surface area contributed by atoms with E-state index in [-0.39, 0.29) is 24.8 Å². The van der Waals surface area contributed by atoms with Crippen molar-refractivity contribution in [2.45, 2.75) is 52.1 Å². The highest BCUT2D eigenvalue weighted by molar-refractivity contribution is 7.92. The Morgan fingerprint density at radius 2 is 1.68 bits per heavy atom. The molecule has 0 unspecified atom stereocenters. The van der Waals surface area contributed by atoms with Crippen LogP contribution in [0.15, 0.2) is 54.6 Å². The quantitative estimate of drug-likeness (QED) is 0.411. The number of nitrogens with zero attached hydrogens (tertiary/aromatic N) is 2. The van der Waals surface area contributed by atoms with Gasteiger partial charge in [0.25, 0.3) is 0 Å². The fourth-order valence-electron chi connectivity index (χ4n) is 3.51. The lowest BCUT2D eigenvalue weighted by molar-refractivity contribution is -0.140. The third-order valence-corrected chi connectivity index (χ3v) is 6.91. The van der Waals surface area contributed by atoms with Crippen LogP contribution in [-0.2, 0) is 26.2 Å². The fraction of sp³-hybridized carbons (Fsp3) is 0.440. The molecule has 0 radical (unpaired) electrons. The van der Waals surface area contributed by atoms with Crippen molar-refractivity contribution in [2.75, 3.05) is 23.7 Å². The largest absolute Gasteiger partial charge is 0.354 e. The molecule has 1 atom stereocenters. The van der Waals surface area contributed by atoms with Crippen LogP contribution in [0.1, 0.15) is 45.1 Å². The molecule has 0 aliphatic carbocycles. The first-order valence-corrected chi connectivity index (χ1v) is 13.7.